The summed E-state index contributed by atoms with van der Waals surface area (Å²) in [4.78, 5) is 43.5. The molecule has 2 amide bonds. The quantitative estimate of drug-likeness (QED) is 0.106. The molecule has 45 heavy (non-hydrogen) atoms. The summed E-state index contributed by atoms with van der Waals surface area (Å²) in [5.74, 6) is -0.719. The average molecular weight is 623 g/mol. The van der Waals surface area contributed by atoms with Crippen molar-refractivity contribution in [1.29, 1.82) is 0 Å². The van der Waals surface area contributed by atoms with Gasteiger partial charge in [0.25, 0.3) is 0 Å². The van der Waals surface area contributed by atoms with Crippen molar-refractivity contribution in [3.63, 3.8) is 0 Å². The average Bonchev–Trinajstić information content (AvgIpc) is 3.05. The van der Waals surface area contributed by atoms with Gasteiger partial charge in [-0.1, -0.05) is 95.4 Å². The monoisotopic (exact) mass is 622 g/mol. The Morgan fingerprint density at radius 2 is 1.42 bits per heavy atom. The highest BCUT2D eigenvalue weighted by Crippen LogP contribution is 2.16. The first-order valence-electron chi connectivity index (χ1n) is 16.7. The molecule has 0 radical (unpaired) electrons. The summed E-state index contributed by atoms with van der Waals surface area (Å²) in [5, 5.41) is 0.438. The van der Waals surface area contributed by atoms with Crippen LogP contribution in [0.1, 0.15) is 102 Å². The summed E-state index contributed by atoms with van der Waals surface area (Å²) in [6.07, 6.45) is 15.6. The van der Waals surface area contributed by atoms with E-state index in [1.165, 1.54) is 74.7 Å². The van der Waals surface area contributed by atoms with Crippen LogP contribution in [0.5, 0.6) is 0 Å². The highest BCUT2D eigenvalue weighted by atomic mass is 19.1. The van der Waals surface area contributed by atoms with Crippen LogP contribution in [-0.4, -0.2) is 48.4 Å². The molecular weight excluding hydrogens is 571 g/mol. The Morgan fingerprint density at radius 3 is 2.09 bits per heavy atom. The summed E-state index contributed by atoms with van der Waals surface area (Å²) < 4.78 is 24.5. The maximum atomic E-state index is 13.8. The third-order valence-electron chi connectivity index (χ3n) is 8.20. The molecule has 0 aliphatic rings. The van der Waals surface area contributed by atoms with Crippen LogP contribution in [0.3, 0.4) is 0 Å². The number of ether oxygens (including phenoxy) is 1. The molecule has 0 fully saturated rings. The Hall–Kier alpha value is -3.52. The van der Waals surface area contributed by atoms with Crippen LogP contribution in [0.4, 0.5) is 4.39 Å². The summed E-state index contributed by atoms with van der Waals surface area (Å²) in [6.45, 7) is 3.17. The van der Waals surface area contributed by atoms with Gasteiger partial charge in [-0.05, 0) is 42.7 Å². The topological polar surface area (TPSA) is 80.1 Å². The van der Waals surface area contributed by atoms with Gasteiger partial charge in [-0.25, -0.2) is 4.39 Å². The fourth-order valence-corrected chi connectivity index (χ4v) is 5.53. The van der Waals surface area contributed by atoms with Gasteiger partial charge in [0, 0.05) is 33.2 Å². The number of hydrogen-bond acceptors (Lipinski definition) is 5. The van der Waals surface area contributed by atoms with Crippen molar-refractivity contribution in [2.24, 2.45) is 0 Å². The predicted molar refractivity (Wildman–Crippen MR) is 177 cm³/mol. The van der Waals surface area contributed by atoms with Gasteiger partial charge in [-0.2, -0.15) is 0 Å². The molecule has 7 nitrogen and oxygen atoms in total. The van der Waals surface area contributed by atoms with Gasteiger partial charge in [0.1, 0.15) is 11.4 Å². The second-order valence-corrected chi connectivity index (χ2v) is 11.9. The van der Waals surface area contributed by atoms with E-state index in [1.54, 1.807) is 48.4 Å². The number of unbranched alkanes of at least 4 members (excludes halogenated alkanes) is 10. The van der Waals surface area contributed by atoms with Crippen LogP contribution >= 0.6 is 0 Å². The zero-order valence-corrected chi connectivity index (χ0v) is 27.2. The number of benzene rings is 2. The molecular formula is C37H51FN2O5. The first kappa shape index (κ1) is 36.0. The van der Waals surface area contributed by atoms with Crippen LogP contribution in [-0.2, 0) is 27.4 Å². The largest absolute Gasteiger partial charge is 0.464 e. The second-order valence-electron chi connectivity index (χ2n) is 11.9. The number of hydrogen-bond donors (Lipinski definition) is 0. The fourth-order valence-electron chi connectivity index (χ4n) is 5.53. The number of rotatable bonds is 22. The van der Waals surface area contributed by atoms with E-state index in [9.17, 15) is 18.8 Å². The van der Waals surface area contributed by atoms with E-state index in [1.807, 2.05) is 0 Å². The molecule has 0 aliphatic carbocycles. The molecule has 0 N–H and O–H groups in total. The lowest BCUT2D eigenvalue weighted by Crippen LogP contribution is -2.43. The number of carbonyl (C=O) groups excluding carboxylic acids is 2. The lowest BCUT2D eigenvalue weighted by atomic mass is 10.1. The van der Waals surface area contributed by atoms with Crippen molar-refractivity contribution in [2.75, 3.05) is 26.8 Å². The molecule has 1 aromatic heterocycles. The van der Waals surface area contributed by atoms with E-state index in [4.69, 9.17) is 9.15 Å². The standard InChI is InChI=1S/C37H51FN2O5/c1-3-4-5-6-7-8-9-10-11-12-13-19-35(41)39(24-16-25-44-2)28-36(42)40(26-30-20-22-32(38)23-21-30)27-31-29-45-34-18-15-14-17-33(34)37(31)43/h14-15,17-18,20-23,29H,3-13,16,19,24-28H2,1-2H3. The third-order valence-corrected chi connectivity index (χ3v) is 8.20. The first-order chi connectivity index (χ1) is 21.9. The predicted octanol–water partition coefficient (Wildman–Crippen LogP) is 8.03. The minimum atomic E-state index is -0.371. The smallest absolute Gasteiger partial charge is 0.242 e. The highest BCUT2D eigenvalue weighted by Gasteiger charge is 2.23. The summed E-state index contributed by atoms with van der Waals surface area (Å²) >= 11 is 0. The van der Waals surface area contributed by atoms with Crippen LogP contribution in [0.25, 0.3) is 11.0 Å². The minimum Gasteiger partial charge on any atom is -0.464 e. The van der Waals surface area contributed by atoms with Crippen molar-refractivity contribution < 1.29 is 23.1 Å². The Bertz CT molecular complexity index is 1360. The molecule has 3 rings (SSSR count). The van der Waals surface area contributed by atoms with Gasteiger partial charge < -0.3 is 19.0 Å². The Kier molecular flexibility index (Phi) is 16.4. The molecule has 0 bridgehead atoms. The molecule has 0 saturated carbocycles. The number of halogens is 1. The van der Waals surface area contributed by atoms with Gasteiger partial charge in [0.15, 0.2) is 5.43 Å². The third kappa shape index (κ3) is 12.8. The van der Waals surface area contributed by atoms with E-state index in [0.29, 0.717) is 48.1 Å². The van der Waals surface area contributed by atoms with Crippen molar-refractivity contribution in [1.82, 2.24) is 9.80 Å². The second kappa shape index (κ2) is 20.5. The molecule has 1 heterocycles. The molecule has 8 heteroatoms. The highest BCUT2D eigenvalue weighted by molar-refractivity contribution is 5.85. The normalized spacial score (nSPS) is 11.2. The van der Waals surface area contributed by atoms with Gasteiger partial charge >= 0.3 is 0 Å². The van der Waals surface area contributed by atoms with Gasteiger partial charge in [-0.3, -0.25) is 14.4 Å². The zero-order valence-electron chi connectivity index (χ0n) is 27.2. The van der Waals surface area contributed by atoms with Crippen molar-refractivity contribution in [3.05, 3.63) is 82.0 Å². The summed E-state index contributed by atoms with van der Waals surface area (Å²) in [5.41, 5.74) is 1.31. The fraction of sp³-hybridized carbons (Fsp3) is 0.541. The minimum absolute atomic E-state index is 0.00207. The molecule has 0 unspecified atom stereocenters. The lowest BCUT2D eigenvalue weighted by molar-refractivity contribution is -0.141. The number of carbonyl (C=O) groups is 2. The van der Waals surface area contributed by atoms with E-state index in [2.05, 4.69) is 6.92 Å². The maximum Gasteiger partial charge on any atom is 0.242 e. The van der Waals surface area contributed by atoms with Gasteiger partial charge in [0.2, 0.25) is 11.8 Å². The number of methoxy groups -OCH3 is 1. The van der Waals surface area contributed by atoms with Crippen LogP contribution in [0.15, 0.2) is 64.0 Å². The zero-order chi connectivity index (χ0) is 32.3. The van der Waals surface area contributed by atoms with Crippen LogP contribution < -0.4 is 5.43 Å². The van der Waals surface area contributed by atoms with Crippen molar-refractivity contribution >= 4 is 22.8 Å². The van der Waals surface area contributed by atoms with E-state index in [-0.39, 0.29) is 42.7 Å². The van der Waals surface area contributed by atoms with Crippen LogP contribution in [0.2, 0.25) is 0 Å². The Labute approximate surface area is 267 Å². The van der Waals surface area contributed by atoms with Crippen molar-refractivity contribution in [2.45, 2.75) is 103 Å². The molecule has 2 aromatic carbocycles. The number of para-hydroxylation sites is 1. The first-order valence-corrected chi connectivity index (χ1v) is 16.7. The number of amides is 2. The van der Waals surface area contributed by atoms with Gasteiger partial charge in [0.05, 0.1) is 30.3 Å². The lowest BCUT2D eigenvalue weighted by Gasteiger charge is -2.28. The van der Waals surface area contributed by atoms with Crippen molar-refractivity contribution in [3.8, 4) is 0 Å². The van der Waals surface area contributed by atoms with E-state index in [0.717, 1.165) is 19.3 Å². The molecule has 0 aliphatic heterocycles. The van der Waals surface area contributed by atoms with Gasteiger partial charge in [-0.15, -0.1) is 0 Å². The maximum absolute atomic E-state index is 13.8. The van der Waals surface area contributed by atoms with E-state index < -0.39 is 0 Å². The molecule has 0 atom stereocenters. The molecule has 246 valence electrons. The molecule has 0 saturated heterocycles. The summed E-state index contributed by atoms with van der Waals surface area (Å²) in [7, 11) is 1.61. The SMILES string of the molecule is CCCCCCCCCCCCCC(=O)N(CCCOC)CC(=O)N(Cc1ccc(F)cc1)Cc1coc2ccccc2c1=O. The Morgan fingerprint density at radius 1 is 0.778 bits per heavy atom. The number of fused-ring (bicyclic) bond motifs is 1. The number of nitrogens with zero attached hydrogens (tertiary/aromatic N) is 2. The Balaban J connectivity index is 1.62. The molecule has 0 spiro atoms. The van der Waals surface area contributed by atoms with Crippen LogP contribution in [0, 0.1) is 5.82 Å². The summed E-state index contributed by atoms with van der Waals surface area (Å²) in [6, 6.07) is 12.9. The van der Waals surface area contributed by atoms with E-state index >= 15 is 0 Å². The molecule has 3 aromatic rings.